The van der Waals surface area contributed by atoms with Crippen molar-refractivity contribution < 1.29 is 9.53 Å². The summed E-state index contributed by atoms with van der Waals surface area (Å²) < 4.78 is 5.18. The Morgan fingerprint density at radius 1 is 1.40 bits per heavy atom. The summed E-state index contributed by atoms with van der Waals surface area (Å²) in [6.45, 7) is 5.80. The minimum Gasteiger partial charge on any atom is -0.497 e. The first kappa shape index (κ1) is 15.0. The molecule has 0 bridgehead atoms. The van der Waals surface area contributed by atoms with E-state index in [1.165, 1.54) is 0 Å². The molecule has 1 unspecified atom stereocenters. The smallest absolute Gasteiger partial charge is 0.176 e. The van der Waals surface area contributed by atoms with Crippen LogP contribution < -0.4 is 4.74 Å². The molecule has 0 saturated carbocycles. The lowest BCUT2D eigenvalue weighted by molar-refractivity contribution is 0.0900. The number of carbonyl (C=O) groups is 1. The number of likely N-dealkylation sites (N-methyl/N-ethyl adjacent to an activating group) is 1. The summed E-state index contributed by atoms with van der Waals surface area (Å²) in [7, 11) is 3.76. The van der Waals surface area contributed by atoms with Crippen molar-refractivity contribution in [2.24, 2.45) is 0 Å². The molecule has 1 aliphatic heterocycles. The first-order chi connectivity index (χ1) is 9.60. The van der Waals surface area contributed by atoms with Crippen LogP contribution in [0.3, 0.4) is 0 Å². The third-order valence-electron chi connectivity index (χ3n) is 3.92. The molecule has 0 aliphatic carbocycles. The largest absolute Gasteiger partial charge is 0.497 e. The van der Waals surface area contributed by atoms with E-state index >= 15 is 0 Å². The standard InChI is InChI=1S/C16H24N2O2/c1-13-11-17(2)8-5-9-18(13)12-16(19)14-6-4-7-15(10-14)20-3/h4,6-7,10,13H,5,8-9,11-12H2,1-3H3. The fraction of sp³-hybridized carbons (Fsp3) is 0.562. The van der Waals surface area contributed by atoms with E-state index < -0.39 is 0 Å². The van der Waals surface area contributed by atoms with Gasteiger partial charge in [0.25, 0.3) is 0 Å². The highest BCUT2D eigenvalue weighted by molar-refractivity contribution is 5.98. The van der Waals surface area contributed by atoms with E-state index in [0.717, 1.165) is 37.4 Å². The molecular formula is C16H24N2O2. The average Bonchev–Trinajstić information content (AvgIpc) is 2.60. The molecule has 0 N–H and O–H groups in total. The highest BCUT2D eigenvalue weighted by Crippen LogP contribution is 2.15. The van der Waals surface area contributed by atoms with Gasteiger partial charge in [0, 0.05) is 24.7 Å². The number of ketones is 1. The highest BCUT2D eigenvalue weighted by atomic mass is 16.5. The maximum absolute atomic E-state index is 12.4. The summed E-state index contributed by atoms with van der Waals surface area (Å²) in [5.41, 5.74) is 0.731. The van der Waals surface area contributed by atoms with Gasteiger partial charge in [0.1, 0.15) is 5.75 Å². The third-order valence-corrected chi connectivity index (χ3v) is 3.92. The summed E-state index contributed by atoms with van der Waals surface area (Å²) in [5, 5.41) is 0. The van der Waals surface area contributed by atoms with Gasteiger partial charge in [0.15, 0.2) is 5.78 Å². The molecule has 1 saturated heterocycles. The molecule has 110 valence electrons. The Labute approximate surface area is 121 Å². The zero-order valence-electron chi connectivity index (χ0n) is 12.6. The molecule has 4 nitrogen and oxygen atoms in total. The van der Waals surface area contributed by atoms with Crippen LogP contribution in [0.25, 0.3) is 0 Å². The predicted octanol–water partition coefficient (Wildman–Crippen LogP) is 1.90. The van der Waals surface area contributed by atoms with Gasteiger partial charge in [0.05, 0.1) is 13.7 Å². The Hall–Kier alpha value is -1.39. The maximum Gasteiger partial charge on any atom is 0.176 e. The normalized spacial score (nSPS) is 21.4. The summed E-state index contributed by atoms with van der Waals surface area (Å²) in [6, 6.07) is 7.82. The van der Waals surface area contributed by atoms with Crippen molar-refractivity contribution in [2.45, 2.75) is 19.4 Å². The Morgan fingerprint density at radius 2 is 2.20 bits per heavy atom. The monoisotopic (exact) mass is 276 g/mol. The van der Waals surface area contributed by atoms with E-state index in [1.54, 1.807) is 7.11 Å². The van der Waals surface area contributed by atoms with Crippen LogP contribution in [0.1, 0.15) is 23.7 Å². The number of hydrogen-bond acceptors (Lipinski definition) is 4. The summed E-state index contributed by atoms with van der Waals surface area (Å²) >= 11 is 0. The number of benzene rings is 1. The van der Waals surface area contributed by atoms with Crippen molar-refractivity contribution >= 4 is 5.78 Å². The van der Waals surface area contributed by atoms with Gasteiger partial charge < -0.3 is 9.64 Å². The summed E-state index contributed by atoms with van der Waals surface area (Å²) in [6.07, 6.45) is 1.12. The van der Waals surface area contributed by atoms with E-state index in [4.69, 9.17) is 4.74 Å². The zero-order valence-corrected chi connectivity index (χ0v) is 12.6. The molecule has 0 amide bonds. The van der Waals surface area contributed by atoms with Gasteiger partial charge in [-0.1, -0.05) is 12.1 Å². The van der Waals surface area contributed by atoms with Crippen molar-refractivity contribution in [3.05, 3.63) is 29.8 Å². The Bertz CT molecular complexity index is 462. The number of hydrogen-bond donors (Lipinski definition) is 0. The van der Waals surface area contributed by atoms with Crippen LogP contribution in [0.4, 0.5) is 0 Å². The molecule has 1 heterocycles. The molecule has 0 aromatic heterocycles. The van der Waals surface area contributed by atoms with Crippen molar-refractivity contribution in [3.63, 3.8) is 0 Å². The van der Waals surface area contributed by atoms with Crippen LogP contribution in [-0.2, 0) is 0 Å². The molecule has 1 aromatic rings. The highest BCUT2D eigenvalue weighted by Gasteiger charge is 2.22. The second kappa shape index (κ2) is 6.86. The van der Waals surface area contributed by atoms with Gasteiger partial charge in [-0.3, -0.25) is 9.69 Å². The number of Topliss-reactive ketones (excluding diaryl/α,β-unsaturated/α-hetero) is 1. The zero-order chi connectivity index (χ0) is 14.5. The average molecular weight is 276 g/mol. The quantitative estimate of drug-likeness (QED) is 0.786. The Morgan fingerprint density at radius 3 is 2.95 bits per heavy atom. The maximum atomic E-state index is 12.4. The van der Waals surface area contributed by atoms with Gasteiger partial charge in [0.2, 0.25) is 0 Å². The second-order valence-corrected chi connectivity index (χ2v) is 5.59. The topological polar surface area (TPSA) is 32.8 Å². The first-order valence-electron chi connectivity index (χ1n) is 7.20. The molecule has 1 fully saturated rings. The lowest BCUT2D eigenvalue weighted by Crippen LogP contribution is -2.40. The summed E-state index contributed by atoms with van der Waals surface area (Å²) in [5.74, 6) is 0.903. The third kappa shape index (κ3) is 3.81. The van der Waals surface area contributed by atoms with Crippen molar-refractivity contribution in [1.29, 1.82) is 0 Å². The van der Waals surface area contributed by atoms with Crippen LogP contribution in [0, 0.1) is 0 Å². The van der Waals surface area contributed by atoms with Gasteiger partial charge in [-0.25, -0.2) is 0 Å². The summed E-state index contributed by atoms with van der Waals surface area (Å²) in [4.78, 5) is 17.0. The van der Waals surface area contributed by atoms with Crippen LogP contribution in [0.15, 0.2) is 24.3 Å². The van der Waals surface area contributed by atoms with E-state index in [1.807, 2.05) is 24.3 Å². The Balaban J connectivity index is 2.02. The SMILES string of the molecule is COc1cccc(C(=O)CN2CCCN(C)CC2C)c1. The van der Waals surface area contributed by atoms with E-state index in [-0.39, 0.29) is 5.78 Å². The van der Waals surface area contributed by atoms with Gasteiger partial charge >= 0.3 is 0 Å². The minimum absolute atomic E-state index is 0.167. The van der Waals surface area contributed by atoms with Gasteiger partial charge in [-0.2, -0.15) is 0 Å². The fourth-order valence-corrected chi connectivity index (χ4v) is 2.73. The van der Waals surface area contributed by atoms with E-state index in [2.05, 4.69) is 23.8 Å². The van der Waals surface area contributed by atoms with Crippen molar-refractivity contribution in [3.8, 4) is 5.75 Å². The molecular weight excluding hydrogens is 252 g/mol. The van der Waals surface area contributed by atoms with Crippen molar-refractivity contribution in [1.82, 2.24) is 9.80 Å². The molecule has 0 radical (unpaired) electrons. The minimum atomic E-state index is 0.167. The molecule has 20 heavy (non-hydrogen) atoms. The van der Waals surface area contributed by atoms with Gasteiger partial charge in [-0.05, 0) is 39.1 Å². The number of rotatable bonds is 4. The van der Waals surface area contributed by atoms with E-state index in [9.17, 15) is 4.79 Å². The lowest BCUT2D eigenvalue weighted by atomic mass is 10.1. The number of nitrogens with zero attached hydrogens (tertiary/aromatic N) is 2. The van der Waals surface area contributed by atoms with Crippen LogP contribution in [0.2, 0.25) is 0 Å². The Kier molecular flexibility index (Phi) is 5.15. The van der Waals surface area contributed by atoms with Crippen LogP contribution >= 0.6 is 0 Å². The van der Waals surface area contributed by atoms with Crippen LogP contribution in [-0.4, -0.2) is 62.0 Å². The van der Waals surface area contributed by atoms with Gasteiger partial charge in [-0.15, -0.1) is 0 Å². The predicted molar refractivity (Wildman–Crippen MR) is 80.5 cm³/mol. The first-order valence-corrected chi connectivity index (χ1v) is 7.20. The number of methoxy groups -OCH3 is 1. The van der Waals surface area contributed by atoms with Crippen LogP contribution in [0.5, 0.6) is 5.75 Å². The molecule has 1 aliphatic rings. The number of carbonyl (C=O) groups excluding carboxylic acids is 1. The number of ether oxygens (including phenoxy) is 1. The van der Waals surface area contributed by atoms with E-state index in [0.29, 0.717) is 12.6 Å². The molecule has 4 heteroatoms. The molecule has 1 atom stereocenters. The fourth-order valence-electron chi connectivity index (χ4n) is 2.73. The van der Waals surface area contributed by atoms with Crippen molar-refractivity contribution in [2.75, 3.05) is 40.3 Å². The second-order valence-electron chi connectivity index (χ2n) is 5.59. The lowest BCUT2D eigenvalue weighted by Gasteiger charge is -2.27. The molecule has 0 spiro atoms. The molecule has 2 rings (SSSR count). The molecule has 1 aromatic carbocycles.